The number of rotatable bonds is 5. The topological polar surface area (TPSA) is 65.6 Å². The quantitative estimate of drug-likeness (QED) is 0.741. The molecule has 1 aromatic rings. The van der Waals surface area contributed by atoms with Gasteiger partial charge in [-0.25, -0.2) is 0 Å². The Morgan fingerprint density at radius 2 is 1.93 bits per heavy atom. The number of aromatic nitrogens is 2. The van der Waals surface area contributed by atoms with Gasteiger partial charge in [0.05, 0.1) is 13.2 Å². The van der Waals surface area contributed by atoms with Crippen molar-refractivity contribution in [1.82, 2.24) is 15.3 Å². The van der Waals surface area contributed by atoms with E-state index >= 15 is 0 Å². The fraction of sp³-hybridized carbons (Fsp3) is 0.737. The summed E-state index contributed by atoms with van der Waals surface area (Å²) in [6.45, 7) is 12.7. The van der Waals surface area contributed by atoms with Crippen LogP contribution in [0.3, 0.4) is 0 Å². The van der Waals surface area contributed by atoms with Crippen LogP contribution in [-0.2, 0) is 4.74 Å². The molecule has 3 rings (SSSR count). The Labute approximate surface area is 167 Å². The first kappa shape index (κ1) is 20.1. The molecule has 0 spiro atoms. The SMILES string of the molecule is CC(C)CNC(=S)Nc1nc(N2CCOCC2)cc(N2CCC[C@@H](C)C2)n1. The maximum Gasteiger partial charge on any atom is 0.232 e. The minimum atomic E-state index is 0.524. The van der Waals surface area contributed by atoms with Crippen LogP contribution < -0.4 is 20.4 Å². The highest BCUT2D eigenvalue weighted by atomic mass is 32.1. The molecule has 8 heteroatoms. The van der Waals surface area contributed by atoms with Crippen LogP contribution in [0.15, 0.2) is 6.07 Å². The minimum absolute atomic E-state index is 0.524. The molecule has 2 fully saturated rings. The zero-order valence-electron chi connectivity index (χ0n) is 16.7. The second-order valence-electron chi connectivity index (χ2n) is 7.93. The van der Waals surface area contributed by atoms with Crippen molar-refractivity contribution in [2.45, 2.75) is 33.6 Å². The van der Waals surface area contributed by atoms with Crippen LogP contribution in [0.2, 0.25) is 0 Å². The predicted molar refractivity (Wildman–Crippen MR) is 115 cm³/mol. The lowest BCUT2D eigenvalue weighted by atomic mass is 10.0. The van der Waals surface area contributed by atoms with Crippen LogP contribution in [0.4, 0.5) is 17.6 Å². The van der Waals surface area contributed by atoms with Crippen LogP contribution in [0, 0.1) is 11.8 Å². The first-order chi connectivity index (χ1) is 13.0. The Morgan fingerprint density at radius 1 is 1.22 bits per heavy atom. The first-order valence-electron chi connectivity index (χ1n) is 10.0. The molecular weight excluding hydrogens is 360 g/mol. The van der Waals surface area contributed by atoms with Crippen LogP contribution in [-0.4, -0.2) is 61.0 Å². The summed E-state index contributed by atoms with van der Waals surface area (Å²) in [5.74, 6) is 3.69. The number of piperidine rings is 1. The summed E-state index contributed by atoms with van der Waals surface area (Å²) in [4.78, 5) is 14.1. The van der Waals surface area contributed by atoms with Gasteiger partial charge in [-0.05, 0) is 36.9 Å². The number of thiocarbonyl (C=S) groups is 1. The molecule has 2 aliphatic rings. The largest absolute Gasteiger partial charge is 0.378 e. The third-order valence-electron chi connectivity index (χ3n) is 4.91. The fourth-order valence-corrected chi connectivity index (χ4v) is 3.61. The monoisotopic (exact) mass is 392 g/mol. The molecule has 0 aliphatic carbocycles. The summed E-state index contributed by atoms with van der Waals surface area (Å²) >= 11 is 5.42. The van der Waals surface area contributed by atoms with E-state index in [1.165, 1.54) is 12.8 Å². The molecule has 2 saturated heterocycles. The third kappa shape index (κ3) is 5.90. The molecule has 2 N–H and O–H groups in total. The van der Waals surface area contributed by atoms with E-state index in [-0.39, 0.29) is 0 Å². The van der Waals surface area contributed by atoms with Crippen molar-refractivity contribution in [2.24, 2.45) is 11.8 Å². The zero-order valence-corrected chi connectivity index (χ0v) is 17.5. The molecule has 0 unspecified atom stereocenters. The maximum atomic E-state index is 5.49. The van der Waals surface area contributed by atoms with Crippen LogP contribution in [0.5, 0.6) is 0 Å². The van der Waals surface area contributed by atoms with E-state index in [0.717, 1.165) is 57.6 Å². The van der Waals surface area contributed by atoms with Crippen LogP contribution in [0.1, 0.15) is 33.6 Å². The number of ether oxygens (including phenoxy) is 1. The van der Waals surface area contributed by atoms with E-state index in [9.17, 15) is 0 Å². The Hall–Kier alpha value is -1.67. The summed E-state index contributed by atoms with van der Waals surface area (Å²) in [6.07, 6.45) is 2.49. The van der Waals surface area contributed by atoms with Crippen molar-refractivity contribution in [2.75, 3.05) is 61.1 Å². The minimum Gasteiger partial charge on any atom is -0.378 e. The Bertz CT molecular complexity index is 635. The van der Waals surface area contributed by atoms with E-state index in [0.29, 0.717) is 22.9 Å². The van der Waals surface area contributed by atoms with Crippen LogP contribution in [0.25, 0.3) is 0 Å². The number of hydrogen-bond donors (Lipinski definition) is 2. The molecule has 27 heavy (non-hydrogen) atoms. The number of nitrogens with one attached hydrogen (secondary N) is 2. The van der Waals surface area contributed by atoms with Gasteiger partial charge in [-0.3, -0.25) is 0 Å². The molecular formula is C19H32N6OS. The summed E-state index contributed by atoms with van der Waals surface area (Å²) < 4.78 is 5.49. The highest BCUT2D eigenvalue weighted by Gasteiger charge is 2.21. The van der Waals surface area contributed by atoms with Gasteiger partial charge >= 0.3 is 0 Å². The lowest BCUT2D eigenvalue weighted by molar-refractivity contribution is 0.122. The van der Waals surface area contributed by atoms with Crippen LogP contribution >= 0.6 is 12.2 Å². The molecule has 0 bridgehead atoms. The molecule has 2 aliphatic heterocycles. The molecule has 1 aromatic heterocycles. The molecule has 0 saturated carbocycles. The van der Waals surface area contributed by atoms with Gasteiger partial charge in [-0.2, -0.15) is 9.97 Å². The van der Waals surface area contributed by atoms with Crippen molar-refractivity contribution in [1.29, 1.82) is 0 Å². The smallest absolute Gasteiger partial charge is 0.232 e. The van der Waals surface area contributed by atoms with Gasteiger partial charge in [0.15, 0.2) is 5.11 Å². The number of anilines is 3. The maximum absolute atomic E-state index is 5.49. The molecule has 3 heterocycles. The summed E-state index contributed by atoms with van der Waals surface area (Å²) in [5.41, 5.74) is 0. The third-order valence-corrected chi connectivity index (χ3v) is 5.16. The van der Waals surface area contributed by atoms with Gasteiger partial charge in [0, 0.05) is 38.8 Å². The normalized spacial score (nSPS) is 20.7. The van der Waals surface area contributed by atoms with E-state index in [1.54, 1.807) is 0 Å². The van der Waals surface area contributed by atoms with Crippen molar-refractivity contribution >= 4 is 34.9 Å². The number of nitrogens with zero attached hydrogens (tertiary/aromatic N) is 4. The van der Waals surface area contributed by atoms with Gasteiger partial charge in [-0.1, -0.05) is 20.8 Å². The van der Waals surface area contributed by atoms with Crippen molar-refractivity contribution in [3.05, 3.63) is 6.07 Å². The Balaban J connectivity index is 1.80. The average molecular weight is 393 g/mol. The van der Waals surface area contributed by atoms with E-state index < -0.39 is 0 Å². The van der Waals surface area contributed by atoms with Crippen molar-refractivity contribution in [3.8, 4) is 0 Å². The van der Waals surface area contributed by atoms with Crippen molar-refractivity contribution < 1.29 is 4.74 Å². The molecule has 7 nitrogen and oxygen atoms in total. The number of morpholine rings is 1. The zero-order chi connectivity index (χ0) is 19.2. The first-order valence-corrected chi connectivity index (χ1v) is 10.4. The van der Waals surface area contributed by atoms with Gasteiger partial charge in [0.1, 0.15) is 11.6 Å². The van der Waals surface area contributed by atoms with E-state index in [1.807, 2.05) is 0 Å². The average Bonchev–Trinajstić information content (AvgIpc) is 2.67. The highest BCUT2D eigenvalue weighted by Crippen LogP contribution is 2.26. The molecule has 150 valence electrons. The summed E-state index contributed by atoms with van der Waals surface area (Å²) in [7, 11) is 0. The molecule has 1 atom stereocenters. The highest BCUT2D eigenvalue weighted by molar-refractivity contribution is 7.80. The fourth-order valence-electron chi connectivity index (χ4n) is 3.43. The Morgan fingerprint density at radius 3 is 2.59 bits per heavy atom. The molecule has 0 aromatic carbocycles. The van der Waals surface area contributed by atoms with Crippen molar-refractivity contribution in [3.63, 3.8) is 0 Å². The van der Waals surface area contributed by atoms with Gasteiger partial charge in [0.2, 0.25) is 5.95 Å². The van der Waals surface area contributed by atoms with Gasteiger partial charge < -0.3 is 25.2 Å². The second kappa shape index (κ2) is 9.50. The predicted octanol–water partition coefficient (Wildman–Crippen LogP) is 2.49. The molecule has 0 amide bonds. The second-order valence-corrected chi connectivity index (χ2v) is 8.34. The standard InChI is InChI=1S/C19H32N6OS/c1-14(2)12-20-19(27)23-18-21-16(24-7-9-26-10-8-24)11-17(22-18)25-6-4-5-15(3)13-25/h11,14-15H,4-10,12-13H2,1-3H3,(H2,20,21,22,23,27)/t15-/m1/s1. The lowest BCUT2D eigenvalue weighted by Crippen LogP contribution is -2.38. The Kier molecular flexibility index (Phi) is 7.07. The number of hydrogen-bond acceptors (Lipinski definition) is 6. The van der Waals surface area contributed by atoms with E-state index in [2.05, 4.69) is 47.3 Å². The van der Waals surface area contributed by atoms with Gasteiger partial charge in [-0.15, -0.1) is 0 Å². The molecule has 0 radical (unpaired) electrons. The summed E-state index contributed by atoms with van der Waals surface area (Å²) in [6, 6.07) is 2.11. The summed E-state index contributed by atoms with van der Waals surface area (Å²) in [5, 5.41) is 6.98. The van der Waals surface area contributed by atoms with E-state index in [4.69, 9.17) is 26.9 Å². The lowest BCUT2D eigenvalue weighted by Gasteiger charge is -2.33. The van der Waals surface area contributed by atoms with Gasteiger partial charge in [0.25, 0.3) is 0 Å².